The molecule has 0 radical (unpaired) electrons. The molecule has 0 amide bonds. The summed E-state index contributed by atoms with van der Waals surface area (Å²) >= 11 is 1.21. The van der Waals surface area contributed by atoms with Crippen LogP contribution in [0.1, 0.15) is 12.0 Å². The van der Waals surface area contributed by atoms with E-state index in [2.05, 4.69) is 32.1 Å². The van der Waals surface area contributed by atoms with Crippen molar-refractivity contribution < 1.29 is 13.2 Å². The number of halogens is 1. The molecule has 1 saturated heterocycles. The number of likely N-dealkylation sites (tertiary alicyclic amines) is 1. The molecular formula is C20H29IN4O3S2. The van der Waals surface area contributed by atoms with Crippen molar-refractivity contribution >= 4 is 51.3 Å². The fraction of sp³-hybridized carbons (Fsp3) is 0.450. The molecule has 1 aliphatic rings. The van der Waals surface area contributed by atoms with Crippen LogP contribution in [0.5, 0.6) is 0 Å². The Kier molecular flexibility index (Phi) is 10.5. The number of sulfonamides is 1. The number of hydrogen-bond donors (Lipinski definition) is 2. The molecule has 1 aliphatic heterocycles. The standard InChI is InChI=1S/C20H28N4O3S2.HI/c1-21-20(22-10-11-23-29(25,26)19-8-5-13-28-19)24-12-9-18(14-24)16-27-15-17-6-3-2-4-7-17;/h2-8,13,18,23H,9-12,14-16H2,1H3,(H,21,22);1H. The zero-order valence-corrected chi connectivity index (χ0v) is 21.0. The highest BCUT2D eigenvalue weighted by atomic mass is 127. The number of nitrogens with zero attached hydrogens (tertiary/aromatic N) is 2. The fourth-order valence-electron chi connectivity index (χ4n) is 3.26. The highest BCUT2D eigenvalue weighted by Crippen LogP contribution is 2.17. The molecule has 1 unspecified atom stereocenters. The lowest BCUT2D eigenvalue weighted by atomic mass is 10.1. The van der Waals surface area contributed by atoms with E-state index in [-0.39, 0.29) is 24.0 Å². The second-order valence-corrected chi connectivity index (χ2v) is 9.85. The first kappa shape index (κ1) is 25.1. The lowest BCUT2D eigenvalue weighted by Gasteiger charge is -2.21. The van der Waals surface area contributed by atoms with Crippen LogP contribution in [-0.4, -0.2) is 59.1 Å². The number of nitrogens with one attached hydrogen (secondary N) is 2. The molecule has 7 nitrogen and oxygen atoms in total. The first-order chi connectivity index (χ1) is 14.1. The smallest absolute Gasteiger partial charge is 0.250 e. The van der Waals surface area contributed by atoms with Gasteiger partial charge in [0.25, 0.3) is 0 Å². The Labute approximate surface area is 200 Å². The first-order valence-corrected chi connectivity index (χ1v) is 12.0. The molecule has 10 heteroatoms. The normalized spacial score (nSPS) is 17.0. The summed E-state index contributed by atoms with van der Waals surface area (Å²) in [5.41, 5.74) is 1.19. The number of thiophene rings is 1. The lowest BCUT2D eigenvalue weighted by molar-refractivity contribution is 0.0907. The van der Waals surface area contributed by atoms with Crippen molar-refractivity contribution in [2.45, 2.75) is 17.2 Å². The highest BCUT2D eigenvalue weighted by Gasteiger charge is 2.25. The van der Waals surface area contributed by atoms with Crippen LogP contribution < -0.4 is 10.0 Å². The van der Waals surface area contributed by atoms with Gasteiger partial charge in [0.15, 0.2) is 5.96 Å². The second-order valence-electron chi connectivity index (χ2n) is 6.91. The summed E-state index contributed by atoms with van der Waals surface area (Å²) in [4.78, 5) is 6.53. The van der Waals surface area contributed by atoms with Crippen molar-refractivity contribution in [1.29, 1.82) is 0 Å². The molecule has 2 aromatic rings. The molecule has 1 fully saturated rings. The summed E-state index contributed by atoms with van der Waals surface area (Å²) in [5.74, 6) is 1.26. The van der Waals surface area contributed by atoms with E-state index in [1.807, 2.05) is 18.2 Å². The Balaban J connectivity index is 0.00000320. The molecule has 2 heterocycles. The molecule has 0 spiro atoms. The van der Waals surface area contributed by atoms with Crippen molar-refractivity contribution in [2.75, 3.05) is 39.8 Å². The van der Waals surface area contributed by atoms with Gasteiger partial charge in [-0.1, -0.05) is 36.4 Å². The Hall–Kier alpha value is -1.21. The van der Waals surface area contributed by atoms with Crippen molar-refractivity contribution in [3.05, 3.63) is 53.4 Å². The van der Waals surface area contributed by atoms with Gasteiger partial charge in [0, 0.05) is 39.1 Å². The van der Waals surface area contributed by atoms with E-state index >= 15 is 0 Å². The first-order valence-electron chi connectivity index (χ1n) is 9.69. The van der Waals surface area contributed by atoms with Gasteiger partial charge in [-0.15, -0.1) is 35.3 Å². The van der Waals surface area contributed by atoms with Crippen molar-refractivity contribution in [3.63, 3.8) is 0 Å². The lowest BCUT2D eigenvalue weighted by Crippen LogP contribution is -2.43. The minimum atomic E-state index is -3.42. The molecule has 0 bridgehead atoms. The van der Waals surface area contributed by atoms with Crippen molar-refractivity contribution in [1.82, 2.24) is 14.9 Å². The molecule has 1 atom stereocenters. The van der Waals surface area contributed by atoms with Gasteiger partial charge < -0.3 is 15.0 Å². The largest absolute Gasteiger partial charge is 0.376 e. The van der Waals surface area contributed by atoms with Gasteiger partial charge in [-0.05, 0) is 23.4 Å². The molecule has 0 saturated carbocycles. The summed E-state index contributed by atoms with van der Waals surface area (Å²) < 4.78 is 33.1. The van der Waals surface area contributed by atoms with Gasteiger partial charge in [-0.3, -0.25) is 4.99 Å². The minimum absolute atomic E-state index is 0. The number of benzene rings is 1. The van der Waals surface area contributed by atoms with Crippen LogP contribution >= 0.6 is 35.3 Å². The zero-order valence-electron chi connectivity index (χ0n) is 17.0. The molecule has 2 N–H and O–H groups in total. The third kappa shape index (κ3) is 7.49. The van der Waals surface area contributed by atoms with Gasteiger partial charge in [0.05, 0.1) is 13.2 Å². The van der Waals surface area contributed by atoms with Crippen molar-refractivity contribution in [2.24, 2.45) is 10.9 Å². The Bertz CT molecular complexity index is 877. The topological polar surface area (TPSA) is 83.0 Å². The summed E-state index contributed by atoms with van der Waals surface area (Å²) in [6, 6.07) is 13.5. The number of hydrogen-bond acceptors (Lipinski definition) is 5. The maximum absolute atomic E-state index is 12.1. The molecule has 3 rings (SSSR count). The average molecular weight is 565 g/mol. The van der Waals surface area contributed by atoms with E-state index in [1.54, 1.807) is 24.6 Å². The summed E-state index contributed by atoms with van der Waals surface area (Å²) in [5, 5.41) is 5.00. The van der Waals surface area contributed by atoms with E-state index in [0.29, 0.717) is 29.8 Å². The van der Waals surface area contributed by atoms with Gasteiger partial charge >= 0.3 is 0 Å². The Morgan fingerprint density at radius 2 is 2.03 bits per heavy atom. The van der Waals surface area contributed by atoms with Gasteiger partial charge in [0.1, 0.15) is 4.21 Å². The van der Waals surface area contributed by atoms with E-state index in [1.165, 1.54) is 16.9 Å². The van der Waals surface area contributed by atoms with Crippen LogP contribution in [0.15, 0.2) is 57.0 Å². The SMILES string of the molecule is CN=C(NCCNS(=O)(=O)c1cccs1)N1CCC(COCc2ccccc2)C1.I. The van der Waals surface area contributed by atoms with Gasteiger partial charge in [-0.2, -0.15) is 0 Å². The van der Waals surface area contributed by atoms with E-state index < -0.39 is 10.0 Å². The van der Waals surface area contributed by atoms with Gasteiger partial charge in [0.2, 0.25) is 10.0 Å². The Morgan fingerprint density at radius 3 is 2.73 bits per heavy atom. The van der Waals surface area contributed by atoms with Crippen LogP contribution in [0.4, 0.5) is 0 Å². The number of rotatable bonds is 9. The highest BCUT2D eigenvalue weighted by molar-refractivity contribution is 14.0. The van der Waals surface area contributed by atoms with Crippen LogP contribution in [-0.2, 0) is 21.4 Å². The fourth-order valence-corrected chi connectivity index (χ4v) is 5.33. The zero-order chi connectivity index (χ0) is 20.5. The molecule has 0 aliphatic carbocycles. The van der Waals surface area contributed by atoms with Crippen LogP contribution in [0.25, 0.3) is 0 Å². The van der Waals surface area contributed by atoms with E-state index in [9.17, 15) is 8.42 Å². The third-order valence-corrected chi connectivity index (χ3v) is 7.58. The monoisotopic (exact) mass is 564 g/mol. The Morgan fingerprint density at radius 1 is 1.23 bits per heavy atom. The predicted octanol–water partition coefficient (Wildman–Crippen LogP) is 2.76. The van der Waals surface area contributed by atoms with Crippen LogP contribution in [0, 0.1) is 5.92 Å². The van der Waals surface area contributed by atoms with E-state index in [0.717, 1.165) is 32.1 Å². The minimum Gasteiger partial charge on any atom is -0.376 e. The van der Waals surface area contributed by atoms with E-state index in [4.69, 9.17) is 4.74 Å². The second kappa shape index (κ2) is 12.6. The summed E-state index contributed by atoms with van der Waals surface area (Å²) in [7, 11) is -1.68. The summed E-state index contributed by atoms with van der Waals surface area (Å²) in [6.07, 6.45) is 1.06. The van der Waals surface area contributed by atoms with Crippen molar-refractivity contribution in [3.8, 4) is 0 Å². The number of ether oxygens (including phenoxy) is 1. The molecular weight excluding hydrogens is 535 g/mol. The number of guanidine groups is 1. The van der Waals surface area contributed by atoms with Gasteiger partial charge in [-0.25, -0.2) is 13.1 Å². The van der Waals surface area contributed by atoms with Crippen LogP contribution in [0.2, 0.25) is 0 Å². The maximum Gasteiger partial charge on any atom is 0.250 e. The summed E-state index contributed by atoms with van der Waals surface area (Å²) in [6.45, 7) is 3.94. The average Bonchev–Trinajstić information content (AvgIpc) is 3.42. The quantitative estimate of drug-likeness (QED) is 0.212. The molecule has 1 aromatic heterocycles. The molecule has 30 heavy (non-hydrogen) atoms. The molecule has 1 aromatic carbocycles. The number of aliphatic imine (C=N–C) groups is 1. The predicted molar refractivity (Wildman–Crippen MR) is 132 cm³/mol. The maximum atomic E-state index is 12.1. The third-order valence-electron chi connectivity index (χ3n) is 4.72. The van der Waals surface area contributed by atoms with Crippen LogP contribution in [0.3, 0.4) is 0 Å². The molecule has 166 valence electrons.